The van der Waals surface area contributed by atoms with Crippen molar-refractivity contribution < 1.29 is 18.0 Å². The predicted molar refractivity (Wildman–Crippen MR) is 58.5 cm³/mol. The molecule has 3 nitrogen and oxygen atoms in total. The monoisotopic (exact) mass is 252 g/mol. The Morgan fingerprint density at radius 2 is 1.88 bits per heavy atom. The van der Waals surface area contributed by atoms with E-state index in [1.165, 1.54) is 6.92 Å². The Hall–Kier alpha value is -0.780. The molecule has 0 aromatic rings. The topological polar surface area (TPSA) is 41.1 Å². The van der Waals surface area contributed by atoms with Crippen LogP contribution < -0.4 is 10.6 Å². The lowest BCUT2D eigenvalue weighted by Crippen LogP contribution is -2.47. The normalized spacial score (nSPS) is 25.6. The third kappa shape index (κ3) is 4.93. The number of carbonyl (C=O) groups is 1. The van der Waals surface area contributed by atoms with Gasteiger partial charge in [-0.15, -0.1) is 0 Å². The molecule has 2 N–H and O–H groups in total. The molecule has 100 valence electrons. The van der Waals surface area contributed by atoms with Crippen LogP contribution in [-0.2, 0) is 4.79 Å². The van der Waals surface area contributed by atoms with Crippen LogP contribution >= 0.6 is 0 Å². The molecular weight excluding hydrogens is 233 g/mol. The third-order valence-corrected chi connectivity index (χ3v) is 3.09. The van der Waals surface area contributed by atoms with Gasteiger partial charge in [0.25, 0.3) is 0 Å². The molecule has 0 bridgehead atoms. The summed E-state index contributed by atoms with van der Waals surface area (Å²) in [5.41, 5.74) is 0. The molecule has 2 unspecified atom stereocenters. The van der Waals surface area contributed by atoms with Gasteiger partial charge in [-0.2, -0.15) is 13.2 Å². The Morgan fingerprint density at radius 1 is 1.24 bits per heavy atom. The lowest BCUT2D eigenvalue weighted by molar-refractivity contribution is -0.188. The average molecular weight is 252 g/mol. The molecular formula is C11H19F3N2O. The third-order valence-electron chi connectivity index (χ3n) is 3.09. The van der Waals surface area contributed by atoms with Crippen LogP contribution in [0.3, 0.4) is 0 Å². The first kappa shape index (κ1) is 14.3. The van der Waals surface area contributed by atoms with Crippen molar-refractivity contribution in [2.75, 3.05) is 13.1 Å². The first-order chi connectivity index (χ1) is 7.91. The summed E-state index contributed by atoms with van der Waals surface area (Å²) in [5.74, 6) is -1.41. The van der Waals surface area contributed by atoms with E-state index >= 15 is 0 Å². The van der Waals surface area contributed by atoms with Crippen molar-refractivity contribution in [3.8, 4) is 0 Å². The van der Waals surface area contributed by atoms with Crippen LogP contribution in [0.4, 0.5) is 13.2 Å². The van der Waals surface area contributed by atoms with E-state index in [1.54, 1.807) is 0 Å². The molecule has 2 atom stereocenters. The van der Waals surface area contributed by atoms with Crippen LogP contribution in [0.2, 0.25) is 0 Å². The number of hydrogen-bond acceptors (Lipinski definition) is 2. The molecule has 6 heteroatoms. The largest absolute Gasteiger partial charge is 0.393 e. The average Bonchev–Trinajstić information content (AvgIpc) is 2.23. The Morgan fingerprint density at radius 3 is 2.47 bits per heavy atom. The molecule has 0 aromatic carbocycles. The number of hydrogen-bond donors (Lipinski definition) is 2. The van der Waals surface area contributed by atoms with Crippen LogP contribution in [0.1, 0.15) is 32.6 Å². The van der Waals surface area contributed by atoms with Gasteiger partial charge >= 0.3 is 6.18 Å². The summed E-state index contributed by atoms with van der Waals surface area (Å²) in [6, 6.07) is -0.502. The van der Waals surface area contributed by atoms with Crippen molar-refractivity contribution >= 4 is 5.91 Å². The molecule has 1 aliphatic rings. The molecule has 17 heavy (non-hydrogen) atoms. The van der Waals surface area contributed by atoms with Gasteiger partial charge in [0.1, 0.15) is 0 Å². The zero-order valence-corrected chi connectivity index (χ0v) is 9.94. The van der Waals surface area contributed by atoms with Crippen LogP contribution in [0.15, 0.2) is 0 Å². The SMILES string of the molecule is CC(=O)NCCNC1CCCCC1C(F)(F)F. The molecule has 1 saturated carbocycles. The molecule has 0 radical (unpaired) electrons. The van der Waals surface area contributed by atoms with Crippen LogP contribution in [0.5, 0.6) is 0 Å². The molecule has 1 rings (SSSR count). The number of carbonyl (C=O) groups excluding carboxylic acids is 1. The van der Waals surface area contributed by atoms with Gasteiger partial charge in [0.15, 0.2) is 0 Å². The Labute approximate surface area is 99.1 Å². The van der Waals surface area contributed by atoms with E-state index in [9.17, 15) is 18.0 Å². The summed E-state index contributed by atoms with van der Waals surface area (Å²) < 4.78 is 38.2. The lowest BCUT2D eigenvalue weighted by Gasteiger charge is -2.33. The van der Waals surface area contributed by atoms with E-state index in [0.717, 1.165) is 6.42 Å². The summed E-state index contributed by atoms with van der Waals surface area (Å²) in [5, 5.41) is 5.45. The smallest absolute Gasteiger partial charge is 0.355 e. The highest BCUT2D eigenvalue weighted by Gasteiger charge is 2.45. The summed E-state index contributed by atoms with van der Waals surface area (Å²) in [4.78, 5) is 10.6. The molecule has 1 fully saturated rings. The molecule has 0 spiro atoms. The molecule has 0 aromatic heterocycles. The van der Waals surface area contributed by atoms with Gasteiger partial charge < -0.3 is 10.6 Å². The fourth-order valence-electron chi connectivity index (χ4n) is 2.26. The highest BCUT2D eigenvalue weighted by molar-refractivity contribution is 5.72. The summed E-state index contributed by atoms with van der Waals surface area (Å²) in [6.45, 7) is 2.15. The van der Waals surface area contributed by atoms with Gasteiger partial charge in [-0.25, -0.2) is 0 Å². The zero-order valence-electron chi connectivity index (χ0n) is 9.94. The molecule has 0 saturated heterocycles. The van der Waals surface area contributed by atoms with Crippen molar-refractivity contribution in [2.45, 2.75) is 44.8 Å². The second-order valence-electron chi connectivity index (χ2n) is 4.48. The zero-order chi connectivity index (χ0) is 12.9. The highest BCUT2D eigenvalue weighted by Crippen LogP contribution is 2.37. The van der Waals surface area contributed by atoms with Crippen LogP contribution in [0.25, 0.3) is 0 Å². The minimum atomic E-state index is -4.12. The van der Waals surface area contributed by atoms with Gasteiger partial charge in [-0.3, -0.25) is 4.79 Å². The molecule has 0 heterocycles. The summed E-state index contributed by atoms with van der Waals surface area (Å²) in [7, 11) is 0. The number of halogens is 3. The van der Waals surface area contributed by atoms with E-state index in [4.69, 9.17) is 0 Å². The van der Waals surface area contributed by atoms with Crippen molar-refractivity contribution in [1.82, 2.24) is 10.6 Å². The lowest BCUT2D eigenvalue weighted by atomic mass is 9.84. The van der Waals surface area contributed by atoms with Crippen molar-refractivity contribution in [1.29, 1.82) is 0 Å². The first-order valence-electron chi connectivity index (χ1n) is 5.96. The summed E-state index contributed by atoms with van der Waals surface area (Å²) >= 11 is 0. The number of alkyl halides is 3. The van der Waals surface area contributed by atoms with Crippen molar-refractivity contribution in [3.05, 3.63) is 0 Å². The van der Waals surface area contributed by atoms with Crippen molar-refractivity contribution in [3.63, 3.8) is 0 Å². The van der Waals surface area contributed by atoms with E-state index in [0.29, 0.717) is 25.9 Å². The van der Waals surface area contributed by atoms with E-state index in [2.05, 4.69) is 10.6 Å². The van der Waals surface area contributed by atoms with Crippen LogP contribution in [0, 0.1) is 5.92 Å². The van der Waals surface area contributed by atoms with E-state index < -0.39 is 18.1 Å². The van der Waals surface area contributed by atoms with Gasteiger partial charge in [0.05, 0.1) is 5.92 Å². The van der Waals surface area contributed by atoms with Crippen molar-refractivity contribution in [2.24, 2.45) is 5.92 Å². The quantitative estimate of drug-likeness (QED) is 0.749. The fourth-order valence-corrected chi connectivity index (χ4v) is 2.26. The maximum atomic E-state index is 12.7. The second kappa shape index (κ2) is 6.23. The molecule has 1 aliphatic carbocycles. The maximum absolute atomic E-state index is 12.7. The summed E-state index contributed by atoms with van der Waals surface area (Å²) in [6.07, 6.45) is -1.87. The second-order valence-corrected chi connectivity index (χ2v) is 4.48. The van der Waals surface area contributed by atoms with Gasteiger partial charge in [0.2, 0.25) is 5.91 Å². The highest BCUT2D eigenvalue weighted by atomic mass is 19.4. The first-order valence-corrected chi connectivity index (χ1v) is 5.96. The minimum absolute atomic E-state index is 0.164. The number of amides is 1. The molecule has 1 amide bonds. The standard InChI is InChI=1S/C11H19F3N2O/c1-8(17)15-6-7-16-10-5-3-2-4-9(10)11(12,13)14/h9-10,16H,2-7H2,1H3,(H,15,17). The van der Waals surface area contributed by atoms with Crippen LogP contribution in [-0.4, -0.2) is 31.2 Å². The van der Waals surface area contributed by atoms with Gasteiger partial charge in [-0.05, 0) is 12.8 Å². The number of nitrogens with one attached hydrogen (secondary N) is 2. The van der Waals surface area contributed by atoms with E-state index in [-0.39, 0.29) is 12.3 Å². The maximum Gasteiger partial charge on any atom is 0.393 e. The minimum Gasteiger partial charge on any atom is -0.355 e. The Bertz CT molecular complexity index is 256. The van der Waals surface area contributed by atoms with Gasteiger partial charge in [-0.1, -0.05) is 12.8 Å². The van der Waals surface area contributed by atoms with E-state index in [1.807, 2.05) is 0 Å². The van der Waals surface area contributed by atoms with Gasteiger partial charge in [0, 0.05) is 26.1 Å². The fraction of sp³-hybridized carbons (Fsp3) is 0.909. The number of rotatable bonds is 4. The predicted octanol–water partition coefficient (Wildman–Crippen LogP) is 1.83. The Balaban J connectivity index is 2.35. The Kier molecular flexibility index (Phi) is 5.24. The molecule has 0 aliphatic heterocycles.